The van der Waals surface area contributed by atoms with Crippen LogP contribution in [0.3, 0.4) is 0 Å². The number of nitrogens with one attached hydrogen (secondary N) is 1. The summed E-state index contributed by atoms with van der Waals surface area (Å²) in [4.78, 5) is 4.08. The normalized spacial score (nSPS) is 10.5. The number of aryl methyl sites for hydroxylation is 2. The number of aromatic nitrogens is 3. The first-order valence-corrected chi connectivity index (χ1v) is 4.33. The molecule has 14 heavy (non-hydrogen) atoms. The number of H-pyrrole nitrogens is 1. The Kier molecular flexibility index (Phi) is 2.04. The van der Waals surface area contributed by atoms with E-state index in [9.17, 15) is 4.39 Å². The highest BCUT2D eigenvalue weighted by Crippen LogP contribution is 2.20. The van der Waals surface area contributed by atoms with Gasteiger partial charge in [0.2, 0.25) is 0 Å². The number of nitrogens with zero attached hydrogens (tertiary/aromatic N) is 2. The van der Waals surface area contributed by atoms with Crippen LogP contribution in [0.25, 0.3) is 11.4 Å². The van der Waals surface area contributed by atoms with Gasteiger partial charge < -0.3 is 0 Å². The summed E-state index contributed by atoms with van der Waals surface area (Å²) < 4.78 is 13.6. The summed E-state index contributed by atoms with van der Waals surface area (Å²) in [5.41, 5.74) is 1.04. The molecule has 0 saturated carbocycles. The van der Waals surface area contributed by atoms with Gasteiger partial charge in [0.1, 0.15) is 11.6 Å². The third-order valence-electron chi connectivity index (χ3n) is 2.03. The van der Waals surface area contributed by atoms with E-state index in [2.05, 4.69) is 15.2 Å². The van der Waals surface area contributed by atoms with Crippen LogP contribution in [0.5, 0.6) is 0 Å². The first kappa shape index (κ1) is 8.87. The van der Waals surface area contributed by atoms with Gasteiger partial charge >= 0.3 is 0 Å². The monoisotopic (exact) mass is 191 g/mol. The van der Waals surface area contributed by atoms with Gasteiger partial charge in [0, 0.05) is 0 Å². The minimum Gasteiger partial charge on any atom is -0.263 e. The van der Waals surface area contributed by atoms with Crippen LogP contribution < -0.4 is 0 Å². The summed E-state index contributed by atoms with van der Waals surface area (Å²) in [7, 11) is 0. The predicted octanol–water partition coefficient (Wildman–Crippen LogP) is 2.23. The first-order valence-electron chi connectivity index (χ1n) is 4.33. The number of hydrogen-bond donors (Lipinski definition) is 1. The van der Waals surface area contributed by atoms with Crippen LogP contribution in [-0.2, 0) is 0 Å². The smallest absolute Gasteiger partial charge is 0.184 e. The summed E-state index contributed by atoms with van der Waals surface area (Å²) in [5, 5.41) is 6.60. The van der Waals surface area contributed by atoms with E-state index in [1.54, 1.807) is 32.0 Å². The quantitative estimate of drug-likeness (QED) is 0.750. The molecule has 4 heteroatoms. The molecule has 1 N–H and O–H groups in total. The first-order chi connectivity index (χ1) is 6.68. The van der Waals surface area contributed by atoms with Crippen LogP contribution in [0.1, 0.15) is 11.4 Å². The summed E-state index contributed by atoms with van der Waals surface area (Å²) in [6.45, 7) is 3.50. The summed E-state index contributed by atoms with van der Waals surface area (Å²) in [6, 6.07) is 5.18. The van der Waals surface area contributed by atoms with Crippen molar-refractivity contribution in [2.24, 2.45) is 0 Å². The van der Waals surface area contributed by atoms with E-state index >= 15 is 0 Å². The molecule has 0 unspecified atom stereocenters. The van der Waals surface area contributed by atoms with Gasteiger partial charge in [-0.3, -0.25) is 5.10 Å². The van der Waals surface area contributed by atoms with Crippen molar-refractivity contribution in [2.45, 2.75) is 13.8 Å². The molecule has 0 bridgehead atoms. The third kappa shape index (κ3) is 1.39. The van der Waals surface area contributed by atoms with Crippen molar-refractivity contribution in [3.8, 4) is 11.4 Å². The molecule has 0 aliphatic rings. The summed E-state index contributed by atoms with van der Waals surface area (Å²) in [6.07, 6.45) is 0. The lowest BCUT2D eigenvalue weighted by Crippen LogP contribution is -1.89. The fraction of sp³-hybridized carbons (Fsp3) is 0.200. The Labute approximate surface area is 81.0 Å². The van der Waals surface area contributed by atoms with Gasteiger partial charge in [-0.05, 0) is 25.5 Å². The molecule has 3 nitrogen and oxygen atoms in total. The molecule has 72 valence electrons. The van der Waals surface area contributed by atoms with Crippen molar-refractivity contribution >= 4 is 0 Å². The van der Waals surface area contributed by atoms with Gasteiger partial charge in [0.05, 0.1) is 5.56 Å². The average molecular weight is 191 g/mol. The third-order valence-corrected chi connectivity index (χ3v) is 2.03. The van der Waals surface area contributed by atoms with Crippen LogP contribution in [0.15, 0.2) is 18.2 Å². The van der Waals surface area contributed by atoms with E-state index in [-0.39, 0.29) is 5.82 Å². The Bertz CT molecular complexity index is 462. The lowest BCUT2D eigenvalue weighted by molar-refractivity contribution is 0.621. The van der Waals surface area contributed by atoms with Crippen molar-refractivity contribution in [1.29, 1.82) is 0 Å². The van der Waals surface area contributed by atoms with Gasteiger partial charge in [0.25, 0.3) is 0 Å². The van der Waals surface area contributed by atoms with Gasteiger partial charge in [-0.2, -0.15) is 5.10 Å². The number of halogens is 1. The topological polar surface area (TPSA) is 41.6 Å². The Balaban J connectivity index is 2.57. The molecular weight excluding hydrogens is 181 g/mol. The highest BCUT2D eigenvalue weighted by atomic mass is 19.1. The largest absolute Gasteiger partial charge is 0.263 e. The van der Waals surface area contributed by atoms with E-state index in [1.165, 1.54) is 0 Å². The van der Waals surface area contributed by atoms with E-state index in [0.29, 0.717) is 22.8 Å². The number of rotatable bonds is 1. The zero-order valence-electron chi connectivity index (χ0n) is 8.00. The highest BCUT2D eigenvalue weighted by molar-refractivity contribution is 5.56. The van der Waals surface area contributed by atoms with Crippen LogP contribution in [-0.4, -0.2) is 15.2 Å². The van der Waals surface area contributed by atoms with Crippen molar-refractivity contribution in [3.05, 3.63) is 35.4 Å². The maximum atomic E-state index is 13.6. The van der Waals surface area contributed by atoms with Gasteiger partial charge in [-0.1, -0.05) is 12.1 Å². The number of hydrogen-bond acceptors (Lipinski definition) is 2. The molecular formula is C10H10FN3. The van der Waals surface area contributed by atoms with Crippen molar-refractivity contribution in [3.63, 3.8) is 0 Å². The molecule has 1 aromatic heterocycles. The number of aromatic amines is 1. The SMILES string of the molecule is Cc1nc(-c2cccc(C)c2F)n[nH]1. The maximum Gasteiger partial charge on any atom is 0.184 e. The molecule has 2 aromatic rings. The fourth-order valence-corrected chi connectivity index (χ4v) is 1.28. The van der Waals surface area contributed by atoms with E-state index < -0.39 is 0 Å². The maximum absolute atomic E-state index is 13.6. The van der Waals surface area contributed by atoms with Crippen LogP contribution in [0, 0.1) is 19.7 Å². The van der Waals surface area contributed by atoms with Crippen LogP contribution >= 0.6 is 0 Å². The molecule has 0 saturated heterocycles. The van der Waals surface area contributed by atoms with Crippen molar-refractivity contribution < 1.29 is 4.39 Å². The van der Waals surface area contributed by atoms with Crippen LogP contribution in [0.2, 0.25) is 0 Å². The molecule has 2 rings (SSSR count). The zero-order valence-corrected chi connectivity index (χ0v) is 8.00. The fourth-order valence-electron chi connectivity index (χ4n) is 1.28. The minimum absolute atomic E-state index is 0.258. The van der Waals surface area contributed by atoms with Gasteiger partial charge in [-0.15, -0.1) is 0 Å². The molecule has 0 spiro atoms. The Morgan fingerprint density at radius 1 is 1.29 bits per heavy atom. The minimum atomic E-state index is -0.258. The van der Waals surface area contributed by atoms with Crippen molar-refractivity contribution in [1.82, 2.24) is 15.2 Å². The molecule has 0 aliphatic carbocycles. The second-order valence-electron chi connectivity index (χ2n) is 3.18. The Hall–Kier alpha value is -1.71. The molecule has 0 aliphatic heterocycles. The van der Waals surface area contributed by atoms with E-state index in [1.807, 2.05) is 0 Å². The van der Waals surface area contributed by atoms with E-state index in [4.69, 9.17) is 0 Å². The molecule has 0 atom stereocenters. The van der Waals surface area contributed by atoms with Crippen LogP contribution in [0.4, 0.5) is 4.39 Å². The zero-order chi connectivity index (χ0) is 10.1. The van der Waals surface area contributed by atoms with Crippen molar-refractivity contribution in [2.75, 3.05) is 0 Å². The highest BCUT2D eigenvalue weighted by Gasteiger charge is 2.10. The lowest BCUT2D eigenvalue weighted by atomic mass is 10.1. The van der Waals surface area contributed by atoms with Gasteiger partial charge in [-0.25, -0.2) is 9.37 Å². The standard InChI is InChI=1S/C10H10FN3/c1-6-4-3-5-8(9(6)11)10-12-7(2)13-14-10/h3-5H,1-2H3,(H,12,13,14). The predicted molar refractivity (Wildman–Crippen MR) is 51.3 cm³/mol. The molecule has 1 aromatic carbocycles. The lowest BCUT2D eigenvalue weighted by Gasteiger charge is -2.00. The molecule has 0 radical (unpaired) electrons. The van der Waals surface area contributed by atoms with Gasteiger partial charge in [0.15, 0.2) is 5.82 Å². The molecule has 0 amide bonds. The second-order valence-corrected chi connectivity index (χ2v) is 3.18. The van der Waals surface area contributed by atoms with E-state index in [0.717, 1.165) is 0 Å². The average Bonchev–Trinajstić information content (AvgIpc) is 2.57. The summed E-state index contributed by atoms with van der Waals surface area (Å²) >= 11 is 0. The second kappa shape index (κ2) is 3.21. The Morgan fingerprint density at radius 2 is 2.07 bits per heavy atom. The Morgan fingerprint density at radius 3 is 2.71 bits per heavy atom. The number of benzene rings is 1. The summed E-state index contributed by atoms with van der Waals surface area (Å²) in [5.74, 6) is 0.830. The molecule has 0 fully saturated rings. The molecule has 1 heterocycles.